The smallest absolute Gasteiger partial charge is 0.475 e. The lowest BCUT2D eigenvalue weighted by Crippen LogP contribution is -2.37. The average Bonchev–Trinajstić information content (AvgIpc) is 3.38. The van der Waals surface area contributed by atoms with Crippen LogP contribution in [-0.4, -0.2) is 65.9 Å². The van der Waals surface area contributed by atoms with E-state index in [2.05, 4.69) is 29.2 Å². The maximum atomic E-state index is 13.1. The van der Waals surface area contributed by atoms with Gasteiger partial charge in [0.1, 0.15) is 0 Å². The first kappa shape index (κ1) is 24.0. The Morgan fingerprint density at radius 2 is 1.82 bits per heavy atom. The maximum absolute atomic E-state index is 13.1. The number of anilines is 1. The number of halogens is 3. The first-order chi connectivity index (χ1) is 16.2. The lowest BCUT2D eigenvalue weighted by Gasteiger charge is -2.30. The molecule has 3 heterocycles. The van der Waals surface area contributed by atoms with Gasteiger partial charge in [-0.25, -0.2) is 9.78 Å². The van der Waals surface area contributed by atoms with Crippen LogP contribution in [0.4, 0.5) is 18.9 Å². The molecule has 3 aromatic rings. The molecule has 0 aliphatic carbocycles. The molecule has 2 aliphatic heterocycles. The van der Waals surface area contributed by atoms with Crippen molar-refractivity contribution in [3.05, 3.63) is 58.6 Å². The molecule has 0 atom stereocenters. The number of rotatable bonds is 4. The molecule has 2 aromatic carbocycles. The number of thiazole rings is 1. The first-order valence-electron chi connectivity index (χ1n) is 10.6. The Morgan fingerprint density at radius 1 is 1.12 bits per heavy atom. The number of para-hydroxylation sites is 1. The predicted molar refractivity (Wildman–Crippen MR) is 121 cm³/mol. The fraction of sp³-hybridized carbons (Fsp3) is 0.348. The fourth-order valence-corrected chi connectivity index (χ4v) is 4.86. The molecule has 0 radical (unpaired) electrons. The van der Waals surface area contributed by atoms with E-state index in [9.17, 15) is 18.0 Å². The highest BCUT2D eigenvalue weighted by Crippen LogP contribution is 2.32. The molecular weight excluding hydrogens is 471 g/mol. The summed E-state index contributed by atoms with van der Waals surface area (Å²) >= 11 is 1.72. The van der Waals surface area contributed by atoms with E-state index < -0.39 is 12.1 Å². The maximum Gasteiger partial charge on any atom is 0.490 e. The molecule has 11 heteroatoms. The molecule has 180 valence electrons. The second-order valence-electron chi connectivity index (χ2n) is 7.77. The number of carbonyl (C=O) groups is 2. The van der Waals surface area contributed by atoms with Gasteiger partial charge in [-0.15, -0.1) is 11.3 Å². The largest absolute Gasteiger partial charge is 0.490 e. The lowest BCUT2D eigenvalue weighted by atomic mass is 10.1. The van der Waals surface area contributed by atoms with Crippen molar-refractivity contribution >= 4 is 39.1 Å². The van der Waals surface area contributed by atoms with Crippen LogP contribution in [0.3, 0.4) is 0 Å². The zero-order valence-corrected chi connectivity index (χ0v) is 18.9. The van der Waals surface area contributed by atoms with E-state index in [0.29, 0.717) is 13.1 Å². The van der Waals surface area contributed by atoms with E-state index in [1.165, 1.54) is 4.70 Å². The minimum atomic E-state index is -5.08. The topological polar surface area (TPSA) is 83.0 Å². The van der Waals surface area contributed by atoms with Crippen LogP contribution >= 0.6 is 11.3 Å². The zero-order chi connectivity index (χ0) is 24.3. The number of ether oxygens (including phenoxy) is 1. The van der Waals surface area contributed by atoms with Crippen molar-refractivity contribution in [2.24, 2.45) is 0 Å². The van der Waals surface area contributed by atoms with Crippen LogP contribution in [0.2, 0.25) is 0 Å². The Labute approximate surface area is 197 Å². The highest BCUT2D eigenvalue weighted by atomic mass is 32.1. The van der Waals surface area contributed by atoms with Gasteiger partial charge in [0.2, 0.25) is 0 Å². The van der Waals surface area contributed by atoms with Crippen LogP contribution in [-0.2, 0) is 22.5 Å². The Kier molecular flexibility index (Phi) is 7.03. The van der Waals surface area contributed by atoms with Gasteiger partial charge in [0.05, 0.1) is 39.7 Å². The summed E-state index contributed by atoms with van der Waals surface area (Å²) in [5.41, 5.74) is 4.11. The molecular formula is C23H22F3N3O4S. The first-order valence-corrected chi connectivity index (χ1v) is 11.4. The molecule has 34 heavy (non-hydrogen) atoms. The Bertz CT molecular complexity index is 1160. The summed E-state index contributed by atoms with van der Waals surface area (Å²) in [6.07, 6.45) is -4.29. The summed E-state index contributed by atoms with van der Waals surface area (Å²) < 4.78 is 38.4. The second kappa shape index (κ2) is 9.98. The summed E-state index contributed by atoms with van der Waals surface area (Å²) in [6.45, 7) is 4.52. The minimum Gasteiger partial charge on any atom is -0.475 e. The lowest BCUT2D eigenvalue weighted by molar-refractivity contribution is -0.192. The van der Waals surface area contributed by atoms with Gasteiger partial charge in [0.25, 0.3) is 5.91 Å². The fourth-order valence-electron chi connectivity index (χ4n) is 3.91. The summed E-state index contributed by atoms with van der Waals surface area (Å²) in [7, 11) is 0. The molecule has 1 saturated heterocycles. The second-order valence-corrected chi connectivity index (χ2v) is 8.88. The number of aliphatic carboxylic acids is 1. The highest BCUT2D eigenvalue weighted by molar-refractivity contribution is 7.18. The summed E-state index contributed by atoms with van der Waals surface area (Å²) in [6, 6.07) is 14.4. The van der Waals surface area contributed by atoms with Crippen LogP contribution in [0, 0.1) is 0 Å². The standard InChI is InChI=1S/C21H21N3O2S.C2HF3O2/c25-21-20-15(4-3-6-17(20)23-10-12-26-13-11-23)14-24(21)9-8-19-22-16-5-1-2-7-18(16)27-19;3-2(4,5)1(6)7/h1-7H,8-14H2;(H,6,7). The number of morpholine rings is 1. The van der Waals surface area contributed by atoms with Crippen LogP contribution in [0.5, 0.6) is 0 Å². The van der Waals surface area contributed by atoms with Crippen LogP contribution in [0.15, 0.2) is 42.5 Å². The van der Waals surface area contributed by atoms with E-state index in [4.69, 9.17) is 19.6 Å². The number of nitrogens with zero attached hydrogens (tertiary/aromatic N) is 3. The van der Waals surface area contributed by atoms with E-state index in [1.54, 1.807) is 11.3 Å². The molecule has 0 spiro atoms. The molecule has 0 unspecified atom stereocenters. The number of aromatic nitrogens is 1. The van der Waals surface area contributed by atoms with Gasteiger partial charge >= 0.3 is 12.1 Å². The van der Waals surface area contributed by atoms with Gasteiger partial charge in [-0.05, 0) is 23.8 Å². The van der Waals surface area contributed by atoms with Gasteiger partial charge in [0.15, 0.2) is 0 Å². The van der Waals surface area contributed by atoms with Crippen molar-refractivity contribution in [2.75, 3.05) is 37.7 Å². The number of alkyl halides is 3. The summed E-state index contributed by atoms with van der Waals surface area (Å²) in [5.74, 6) is -2.61. The number of carboxylic acids is 1. The van der Waals surface area contributed by atoms with Crippen molar-refractivity contribution in [2.45, 2.75) is 19.1 Å². The van der Waals surface area contributed by atoms with Crippen molar-refractivity contribution in [1.29, 1.82) is 0 Å². The SMILES string of the molecule is O=C(O)C(F)(F)F.O=C1c2c(cccc2N2CCOCC2)CN1CCc1nc2ccccc2s1. The van der Waals surface area contributed by atoms with Crippen molar-refractivity contribution in [3.63, 3.8) is 0 Å². The number of carboxylic acid groups (broad SMARTS) is 1. The molecule has 0 bridgehead atoms. The number of carbonyl (C=O) groups excluding carboxylic acids is 1. The number of hydrogen-bond donors (Lipinski definition) is 1. The van der Waals surface area contributed by atoms with E-state index >= 15 is 0 Å². The molecule has 1 N–H and O–H groups in total. The quantitative estimate of drug-likeness (QED) is 0.593. The van der Waals surface area contributed by atoms with Crippen LogP contribution < -0.4 is 4.90 Å². The molecule has 1 aromatic heterocycles. The number of hydrogen-bond acceptors (Lipinski definition) is 6. The number of benzene rings is 2. The normalized spacial score (nSPS) is 15.8. The molecule has 0 saturated carbocycles. The van der Waals surface area contributed by atoms with Crippen LogP contribution in [0.25, 0.3) is 10.2 Å². The third-order valence-corrected chi connectivity index (χ3v) is 6.62. The van der Waals surface area contributed by atoms with E-state index in [1.807, 2.05) is 23.1 Å². The predicted octanol–water partition coefficient (Wildman–Crippen LogP) is 3.96. The molecule has 1 amide bonds. The monoisotopic (exact) mass is 493 g/mol. The Balaban J connectivity index is 0.000000344. The number of fused-ring (bicyclic) bond motifs is 2. The summed E-state index contributed by atoms with van der Waals surface area (Å²) in [4.78, 5) is 30.9. The van der Waals surface area contributed by atoms with E-state index in [0.717, 1.165) is 60.1 Å². The van der Waals surface area contributed by atoms with Crippen LogP contribution in [0.1, 0.15) is 20.9 Å². The summed E-state index contributed by atoms with van der Waals surface area (Å²) in [5, 5.41) is 8.22. The van der Waals surface area contributed by atoms with Crippen molar-refractivity contribution in [3.8, 4) is 0 Å². The third kappa shape index (κ3) is 5.31. The Morgan fingerprint density at radius 3 is 2.50 bits per heavy atom. The van der Waals surface area contributed by atoms with Gasteiger partial charge < -0.3 is 19.6 Å². The van der Waals surface area contributed by atoms with Crippen molar-refractivity contribution in [1.82, 2.24) is 9.88 Å². The van der Waals surface area contributed by atoms with Gasteiger partial charge in [-0.2, -0.15) is 13.2 Å². The number of amides is 1. The van der Waals surface area contributed by atoms with E-state index in [-0.39, 0.29) is 5.91 Å². The zero-order valence-electron chi connectivity index (χ0n) is 18.0. The Hall–Kier alpha value is -3.18. The molecule has 5 rings (SSSR count). The van der Waals surface area contributed by atoms with Gasteiger partial charge in [-0.3, -0.25) is 4.79 Å². The van der Waals surface area contributed by atoms with Gasteiger partial charge in [-0.1, -0.05) is 24.3 Å². The van der Waals surface area contributed by atoms with Crippen molar-refractivity contribution < 1.29 is 32.6 Å². The molecule has 2 aliphatic rings. The third-order valence-electron chi connectivity index (χ3n) is 5.52. The van der Waals surface area contributed by atoms with Gasteiger partial charge in [0, 0.05) is 32.6 Å². The molecule has 1 fully saturated rings. The highest BCUT2D eigenvalue weighted by Gasteiger charge is 2.38. The molecule has 7 nitrogen and oxygen atoms in total. The minimum absolute atomic E-state index is 0.146. The average molecular weight is 494 g/mol.